The molecule has 1 amide bonds. The van der Waals surface area contributed by atoms with Gasteiger partial charge in [-0.2, -0.15) is 0 Å². The number of amides is 1. The first-order valence-electron chi connectivity index (χ1n) is 3.43. The van der Waals surface area contributed by atoms with E-state index >= 15 is 0 Å². The molecule has 13 heavy (non-hydrogen) atoms. The third-order valence-corrected chi connectivity index (χ3v) is 2.56. The predicted molar refractivity (Wildman–Crippen MR) is 56.1 cm³/mol. The van der Waals surface area contributed by atoms with Crippen LogP contribution in [-0.4, -0.2) is 5.91 Å². The van der Waals surface area contributed by atoms with Crippen LogP contribution in [0.5, 0.6) is 0 Å². The van der Waals surface area contributed by atoms with Crippen LogP contribution in [-0.2, 0) is 4.79 Å². The Morgan fingerprint density at radius 3 is 2.23 bits per heavy atom. The second-order valence-corrected chi connectivity index (χ2v) is 4.13. The Labute approximate surface area is 91.8 Å². The summed E-state index contributed by atoms with van der Waals surface area (Å²) in [6.45, 7) is 1.39. The molecule has 0 aromatic heterocycles. The molecular formula is C8H6Br2FNO. The van der Waals surface area contributed by atoms with Gasteiger partial charge in [-0.1, -0.05) is 0 Å². The van der Waals surface area contributed by atoms with Crippen molar-refractivity contribution < 1.29 is 9.18 Å². The van der Waals surface area contributed by atoms with Gasteiger partial charge in [0.25, 0.3) is 0 Å². The Bertz CT molecular complexity index is 331. The maximum absolute atomic E-state index is 12.8. The zero-order valence-electron chi connectivity index (χ0n) is 6.70. The van der Waals surface area contributed by atoms with Gasteiger partial charge in [-0.25, -0.2) is 4.39 Å². The number of hydrogen-bond donors (Lipinski definition) is 1. The molecule has 1 aromatic carbocycles. The van der Waals surface area contributed by atoms with Gasteiger partial charge in [0.1, 0.15) is 5.82 Å². The van der Waals surface area contributed by atoms with Crippen molar-refractivity contribution in [2.24, 2.45) is 0 Å². The van der Waals surface area contributed by atoms with E-state index in [9.17, 15) is 9.18 Å². The maximum Gasteiger partial charge on any atom is 0.221 e. The van der Waals surface area contributed by atoms with Crippen molar-refractivity contribution in [3.8, 4) is 0 Å². The Morgan fingerprint density at radius 2 is 1.85 bits per heavy atom. The summed E-state index contributed by atoms with van der Waals surface area (Å²) >= 11 is 6.28. The smallest absolute Gasteiger partial charge is 0.221 e. The average Bonchev–Trinajstić information content (AvgIpc) is 1.96. The number of anilines is 1. The normalized spacial score (nSPS) is 9.85. The molecule has 0 fully saturated rings. The molecule has 1 rings (SSSR count). The summed E-state index contributed by atoms with van der Waals surface area (Å²) in [5.41, 5.74) is 0.536. The topological polar surface area (TPSA) is 29.1 Å². The molecular weight excluding hydrogens is 305 g/mol. The second kappa shape index (κ2) is 4.19. The third kappa shape index (κ3) is 2.77. The first-order chi connectivity index (χ1) is 6.00. The van der Waals surface area contributed by atoms with Gasteiger partial charge in [-0.3, -0.25) is 4.79 Å². The molecule has 0 aliphatic carbocycles. The zero-order valence-corrected chi connectivity index (χ0v) is 9.87. The van der Waals surface area contributed by atoms with Gasteiger partial charge in [0, 0.05) is 15.9 Å². The molecule has 2 nitrogen and oxygen atoms in total. The Morgan fingerprint density at radius 1 is 1.38 bits per heavy atom. The molecule has 0 aliphatic heterocycles. The number of rotatable bonds is 1. The Balaban J connectivity index is 3.13. The van der Waals surface area contributed by atoms with Crippen molar-refractivity contribution in [1.29, 1.82) is 0 Å². The van der Waals surface area contributed by atoms with Crippen LogP contribution in [0.25, 0.3) is 0 Å². The van der Waals surface area contributed by atoms with Gasteiger partial charge in [-0.05, 0) is 44.0 Å². The Hall–Kier alpha value is -0.420. The quantitative estimate of drug-likeness (QED) is 0.847. The third-order valence-electron chi connectivity index (χ3n) is 1.31. The number of carbonyl (C=O) groups excluding carboxylic acids is 1. The van der Waals surface area contributed by atoms with Crippen LogP contribution in [0.4, 0.5) is 10.1 Å². The van der Waals surface area contributed by atoms with E-state index in [4.69, 9.17) is 0 Å². The van der Waals surface area contributed by atoms with Gasteiger partial charge in [0.15, 0.2) is 0 Å². The molecule has 70 valence electrons. The minimum atomic E-state index is -0.368. The lowest BCUT2D eigenvalue weighted by molar-refractivity contribution is -0.114. The molecule has 0 radical (unpaired) electrons. The summed E-state index contributed by atoms with van der Waals surface area (Å²) in [5, 5.41) is 2.57. The summed E-state index contributed by atoms with van der Waals surface area (Å²) in [5.74, 6) is -0.569. The van der Waals surface area contributed by atoms with E-state index in [1.807, 2.05) is 0 Å². The molecule has 1 N–H and O–H groups in total. The summed E-state index contributed by atoms with van der Waals surface area (Å²) in [7, 11) is 0. The van der Waals surface area contributed by atoms with E-state index in [1.54, 1.807) is 0 Å². The van der Waals surface area contributed by atoms with Gasteiger partial charge >= 0.3 is 0 Å². The van der Waals surface area contributed by atoms with Crippen LogP contribution in [0.2, 0.25) is 0 Å². The number of benzene rings is 1. The Kier molecular flexibility index (Phi) is 3.44. The summed E-state index contributed by atoms with van der Waals surface area (Å²) < 4.78 is 13.8. The van der Waals surface area contributed by atoms with Crippen molar-refractivity contribution in [2.45, 2.75) is 6.92 Å². The van der Waals surface area contributed by atoms with E-state index in [2.05, 4.69) is 37.2 Å². The molecule has 0 saturated heterocycles. The van der Waals surface area contributed by atoms with E-state index in [-0.39, 0.29) is 11.7 Å². The summed E-state index contributed by atoms with van der Waals surface area (Å²) in [4.78, 5) is 10.8. The molecule has 5 heteroatoms. The van der Waals surface area contributed by atoms with Crippen LogP contribution in [0.15, 0.2) is 21.1 Å². The largest absolute Gasteiger partial charge is 0.324 e. The molecule has 0 spiro atoms. The first kappa shape index (κ1) is 10.7. The van der Waals surface area contributed by atoms with E-state index in [0.717, 1.165) is 0 Å². The average molecular weight is 311 g/mol. The summed E-state index contributed by atoms with van der Waals surface area (Å²) in [6, 6.07) is 2.58. The van der Waals surface area contributed by atoms with E-state index in [0.29, 0.717) is 14.6 Å². The number of hydrogen-bond acceptors (Lipinski definition) is 1. The van der Waals surface area contributed by atoms with Crippen molar-refractivity contribution >= 4 is 43.5 Å². The fourth-order valence-electron chi connectivity index (χ4n) is 0.838. The van der Waals surface area contributed by atoms with Crippen LogP contribution in [0.1, 0.15) is 6.92 Å². The zero-order chi connectivity index (χ0) is 10.0. The fourth-order valence-corrected chi connectivity index (χ4v) is 2.17. The van der Waals surface area contributed by atoms with Gasteiger partial charge in [0.05, 0.1) is 5.69 Å². The van der Waals surface area contributed by atoms with Crippen LogP contribution in [0.3, 0.4) is 0 Å². The molecule has 0 atom stereocenters. The van der Waals surface area contributed by atoms with Crippen LogP contribution >= 0.6 is 31.9 Å². The fraction of sp³-hybridized carbons (Fsp3) is 0.125. The highest BCUT2D eigenvalue weighted by Gasteiger charge is 2.08. The monoisotopic (exact) mass is 309 g/mol. The molecule has 1 aromatic rings. The van der Waals surface area contributed by atoms with Crippen LogP contribution in [0, 0.1) is 5.82 Å². The lowest BCUT2D eigenvalue weighted by Crippen LogP contribution is -2.07. The van der Waals surface area contributed by atoms with Crippen molar-refractivity contribution in [3.63, 3.8) is 0 Å². The van der Waals surface area contributed by atoms with E-state index < -0.39 is 0 Å². The first-order valence-corrected chi connectivity index (χ1v) is 5.01. The number of halogens is 3. The highest BCUT2D eigenvalue weighted by Crippen LogP contribution is 2.31. The molecule has 0 bridgehead atoms. The highest BCUT2D eigenvalue weighted by atomic mass is 79.9. The molecule has 0 heterocycles. The molecule has 0 unspecified atom stereocenters. The minimum absolute atomic E-state index is 0.201. The van der Waals surface area contributed by atoms with Crippen molar-refractivity contribution in [1.82, 2.24) is 0 Å². The summed E-state index contributed by atoms with van der Waals surface area (Å²) in [6.07, 6.45) is 0. The van der Waals surface area contributed by atoms with Gasteiger partial charge < -0.3 is 5.32 Å². The minimum Gasteiger partial charge on any atom is -0.324 e. The maximum atomic E-state index is 12.8. The second-order valence-electron chi connectivity index (χ2n) is 2.43. The van der Waals surface area contributed by atoms with Crippen molar-refractivity contribution in [2.75, 3.05) is 5.32 Å². The number of carbonyl (C=O) groups is 1. The van der Waals surface area contributed by atoms with Gasteiger partial charge in [-0.15, -0.1) is 0 Å². The SMILES string of the molecule is CC(=O)Nc1c(Br)cc(F)cc1Br. The molecule has 0 saturated carbocycles. The number of nitrogens with one attached hydrogen (secondary N) is 1. The lowest BCUT2D eigenvalue weighted by Gasteiger charge is -2.07. The van der Waals surface area contributed by atoms with E-state index in [1.165, 1.54) is 19.1 Å². The molecule has 0 aliphatic rings. The predicted octanol–water partition coefficient (Wildman–Crippen LogP) is 3.31. The van der Waals surface area contributed by atoms with Crippen LogP contribution < -0.4 is 5.32 Å². The van der Waals surface area contributed by atoms with Gasteiger partial charge in [0.2, 0.25) is 5.91 Å². The standard InChI is InChI=1S/C8H6Br2FNO/c1-4(13)12-8-6(9)2-5(11)3-7(8)10/h2-3H,1H3,(H,12,13). The van der Waals surface area contributed by atoms with Crippen molar-refractivity contribution in [3.05, 3.63) is 26.9 Å². The highest BCUT2D eigenvalue weighted by molar-refractivity contribution is 9.11. The lowest BCUT2D eigenvalue weighted by atomic mass is 10.3.